The SMILES string of the molecule is C=CC(C)Nc1nc2c(C)cccn2n1. The summed E-state index contributed by atoms with van der Waals surface area (Å²) in [7, 11) is 0. The lowest BCUT2D eigenvalue weighted by Crippen LogP contribution is -2.12. The highest BCUT2D eigenvalue weighted by Gasteiger charge is 2.05. The third-order valence-electron chi connectivity index (χ3n) is 2.27. The first-order chi connectivity index (χ1) is 7.20. The van der Waals surface area contributed by atoms with E-state index < -0.39 is 0 Å². The van der Waals surface area contributed by atoms with Crippen molar-refractivity contribution in [2.75, 3.05) is 5.32 Å². The van der Waals surface area contributed by atoms with Crippen LogP contribution in [0.2, 0.25) is 0 Å². The van der Waals surface area contributed by atoms with Gasteiger partial charge in [0, 0.05) is 12.2 Å². The fourth-order valence-electron chi connectivity index (χ4n) is 1.36. The quantitative estimate of drug-likeness (QED) is 0.774. The molecule has 4 nitrogen and oxygen atoms in total. The van der Waals surface area contributed by atoms with Crippen LogP contribution < -0.4 is 5.32 Å². The molecule has 1 unspecified atom stereocenters. The Morgan fingerprint density at radius 1 is 1.60 bits per heavy atom. The summed E-state index contributed by atoms with van der Waals surface area (Å²) in [5.41, 5.74) is 2.00. The van der Waals surface area contributed by atoms with E-state index in [-0.39, 0.29) is 6.04 Å². The molecule has 0 aliphatic heterocycles. The van der Waals surface area contributed by atoms with E-state index in [2.05, 4.69) is 22.0 Å². The summed E-state index contributed by atoms with van der Waals surface area (Å²) < 4.78 is 1.77. The monoisotopic (exact) mass is 202 g/mol. The molecule has 4 heteroatoms. The molecule has 2 aromatic heterocycles. The largest absolute Gasteiger partial charge is 0.347 e. The maximum absolute atomic E-state index is 4.39. The van der Waals surface area contributed by atoms with Crippen molar-refractivity contribution >= 4 is 11.6 Å². The topological polar surface area (TPSA) is 42.2 Å². The Kier molecular flexibility index (Phi) is 2.41. The molecule has 78 valence electrons. The molecule has 0 spiro atoms. The van der Waals surface area contributed by atoms with Gasteiger partial charge in [-0.15, -0.1) is 11.7 Å². The second kappa shape index (κ2) is 3.73. The van der Waals surface area contributed by atoms with Crippen LogP contribution in [0.1, 0.15) is 12.5 Å². The lowest BCUT2D eigenvalue weighted by Gasteiger charge is -2.04. The maximum Gasteiger partial charge on any atom is 0.243 e. The molecule has 0 saturated carbocycles. The molecule has 0 amide bonds. The van der Waals surface area contributed by atoms with Gasteiger partial charge < -0.3 is 5.32 Å². The third-order valence-corrected chi connectivity index (χ3v) is 2.27. The van der Waals surface area contributed by atoms with Crippen molar-refractivity contribution in [2.24, 2.45) is 0 Å². The van der Waals surface area contributed by atoms with Gasteiger partial charge in [-0.1, -0.05) is 12.1 Å². The van der Waals surface area contributed by atoms with E-state index in [1.807, 2.05) is 38.3 Å². The minimum atomic E-state index is 0.169. The predicted molar refractivity (Wildman–Crippen MR) is 61.0 cm³/mol. The van der Waals surface area contributed by atoms with E-state index >= 15 is 0 Å². The van der Waals surface area contributed by atoms with Crippen molar-refractivity contribution in [2.45, 2.75) is 19.9 Å². The number of hydrogen-bond donors (Lipinski definition) is 1. The first-order valence-electron chi connectivity index (χ1n) is 4.92. The predicted octanol–water partition coefficient (Wildman–Crippen LogP) is 2.02. The van der Waals surface area contributed by atoms with Gasteiger partial charge in [0.25, 0.3) is 0 Å². The van der Waals surface area contributed by atoms with Gasteiger partial charge in [0.05, 0.1) is 0 Å². The van der Waals surface area contributed by atoms with Crippen LogP contribution in [-0.4, -0.2) is 20.6 Å². The van der Waals surface area contributed by atoms with Crippen LogP contribution in [0.4, 0.5) is 5.95 Å². The van der Waals surface area contributed by atoms with E-state index in [1.165, 1.54) is 0 Å². The number of nitrogens with zero attached hydrogens (tertiary/aromatic N) is 3. The van der Waals surface area contributed by atoms with Crippen molar-refractivity contribution in [3.05, 3.63) is 36.5 Å². The molecular formula is C11H14N4. The summed E-state index contributed by atoms with van der Waals surface area (Å²) in [6.45, 7) is 7.73. The molecule has 0 fully saturated rings. The Hall–Kier alpha value is -1.84. The van der Waals surface area contributed by atoms with E-state index in [1.54, 1.807) is 4.52 Å². The zero-order valence-corrected chi connectivity index (χ0v) is 8.94. The normalized spacial score (nSPS) is 12.7. The number of anilines is 1. The molecule has 2 aromatic rings. The van der Waals surface area contributed by atoms with Crippen LogP contribution in [0.25, 0.3) is 5.65 Å². The Morgan fingerprint density at radius 2 is 2.40 bits per heavy atom. The van der Waals surface area contributed by atoms with Crippen molar-refractivity contribution in [3.8, 4) is 0 Å². The molecule has 0 aromatic carbocycles. The summed E-state index contributed by atoms with van der Waals surface area (Å²) >= 11 is 0. The fourth-order valence-corrected chi connectivity index (χ4v) is 1.36. The third kappa shape index (κ3) is 1.83. The number of hydrogen-bond acceptors (Lipinski definition) is 3. The Labute approximate surface area is 88.6 Å². The van der Waals surface area contributed by atoms with E-state index in [0.29, 0.717) is 5.95 Å². The molecule has 2 rings (SSSR count). The fraction of sp³-hybridized carbons (Fsp3) is 0.273. The zero-order chi connectivity index (χ0) is 10.8. The Bertz CT molecular complexity index is 486. The van der Waals surface area contributed by atoms with Gasteiger partial charge >= 0.3 is 0 Å². The van der Waals surface area contributed by atoms with Crippen LogP contribution in [0.3, 0.4) is 0 Å². The first kappa shape index (κ1) is 9.71. The van der Waals surface area contributed by atoms with Crippen LogP contribution in [0.15, 0.2) is 31.0 Å². The molecule has 0 radical (unpaired) electrons. The molecule has 0 saturated heterocycles. The highest BCUT2D eigenvalue weighted by Crippen LogP contribution is 2.10. The summed E-state index contributed by atoms with van der Waals surface area (Å²) in [4.78, 5) is 4.39. The van der Waals surface area contributed by atoms with Crippen LogP contribution in [0.5, 0.6) is 0 Å². The number of aryl methyl sites for hydroxylation is 1. The average molecular weight is 202 g/mol. The number of rotatable bonds is 3. The molecular weight excluding hydrogens is 188 g/mol. The minimum absolute atomic E-state index is 0.169. The molecule has 1 N–H and O–H groups in total. The van der Waals surface area contributed by atoms with Gasteiger partial charge in [0.2, 0.25) is 5.95 Å². The molecule has 0 aliphatic rings. The van der Waals surface area contributed by atoms with E-state index in [9.17, 15) is 0 Å². The van der Waals surface area contributed by atoms with E-state index in [0.717, 1.165) is 11.2 Å². The molecule has 1 atom stereocenters. The lowest BCUT2D eigenvalue weighted by molar-refractivity contribution is 0.920. The van der Waals surface area contributed by atoms with E-state index in [4.69, 9.17) is 0 Å². The number of nitrogens with one attached hydrogen (secondary N) is 1. The minimum Gasteiger partial charge on any atom is -0.347 e. The van der Waals surface area contributed by atoms with Crippen LogP contribution >= 0.6 is 0 Å². The molecule has 15 heavy (non-hydrogen) atoms. The van der Waals surface area contributed by atoms with Gasteiger partial charge in [-0.05, 0) is 25.5 Å². The summed E-state index contributed by atoms with van der Waals surface area (Å²) in [5, 5.41) is 7.46. The number of aromatic nitrogens is 3. The smallest absolute Gasteiger partial charge is 0.243 e. The standard InChI is InChI=1S/C11H14N4/c1-4-9(3)12-11-13-10-8(2)6-5-7-15(10)14-11/h4-7,9H,1H2,2-3H3,(H,12,14). The summed E-state index contributed by atoms with van der Waals surface area (Å²) in [6, 6.07) is 4.14. The Morgan fingerprint density at radius 3 is 3.07 bits per heavy atom. The second-order valence-corrected chi connectivity index (χ2v) is 3.56. The van der Waals surface area contributed by atoms with Crippen LogP contribution in [-0.2, 0) is 0 Å². The van der Waals surface area contributed by atoms with Crippen molar-refractivity contribution in [1.82, 2.24) is 14.6 Å². The van der Waals surface area contributed by atoms with Crippen molar-refractivity contribution in [1.29, 1.82) is 0 Å². The zero-order valence-electron chi connectivity index (χ0n) is 8.94. The van der Waals surface area contributed by atoms with Crippen LogP contribution in [0, 0.1) is 6.92 Å². The molecule has 0 aliphatic carbocycles. The average Bonchev–Trinajstić information content (AvgIpc) is 2.62. The van der Waals surface area contributed by atoms with Crippen molar-refractivity contribution < 1.29 is 0 Å². The van der Waals surface area contributed by atoms with Gasteiger partial charge in [0.1, 0.15) is 0 Å². The number of fused-ring (bicyclic) bond motifs is 1. The van der Waals surface area contributed by atoms with Gasteiger partial charge in [0.15, 0.2) is 5.65 Å². The summed E-state index contributed by atoms with van der Waals surface area (Å²) in [5.74, 6) is 0.636. The molecule has 0 bridgehead atoms. The van der Waals surface area contributed by atoms with Crippen molar-refractivity contribution in [3.63, 3.8) is 0 Å². The molecule has 2 heterocycles. The van der Waals surface area contributed by atoms with Gasteiger partial charge in [-0.2, -0.15) is 4.98 Å². The maximum atomic E-state index is 4.39. The van der Waals surface area contributed by atoms with Gasteiger partial charge in [-0.25, -0.2) is 4.52 Å². The summed E-state index contributed by atoms with van der Waals surface area (Å²) in [6.07, 6.45) is 3.71. The first-order valence-corrected chi connectivity index (χ1v) is 4.92. The number of pyridine rings is 1. The Balaban J connectivity index is 2.39. The van der Waals surface area contributed by atoms with Gasteiger partial charge in [-0.3, -0.25) is 0 Å². The highest BCUT2D eigenvalue weighted by molar-refractivity contribution is 5.50. The highest BCUT2D eigenvalue weighted by atomic mass is 15.3. The second-order valence-electron chi connectivity index (χ2n) is 3.56. The lowest BCUT2D eigenvalue weighted by atomic mass is 10.3.